The zero-order chi connectivity index (χ0) is 22.1. The molecule has 0 bridgehead atoms. The summed E-state index contributed by atoms with van der Waals surface area (Å²) in [6.45, 7) is 2.16. The lowest BCUT2D eigenvalue weighted by Crippen LogP contribution is -2.54. The van der Waals surface area contributed by atoms with E-state index in [0.29, 0.717) is 42.6 Å². The number of nitrogens with zero attached hydrogens (tertiary/aromatic N) is 2. The van der Waals surface area contributed by atoms with Crippen molar-refractivity contribution in [2.24, 2.45) is 0 Å². The van der Waals surface area contributed by atoms with Crippen molar-refractivity contribution in [1.82, 2.24) is 5.32 Å². The number of anilines is 2. The highest BCUT2D eigenvalue weighted by Crippen LogP contribution is 2.31. The van der Waals surface area contributed by atoms with Crippen LogP contribution in [0.5, 0.6) is 0 Å². The van der Waals surface area contributed by atoms with E-state index < -0.39 is 23.7 Å². The molecule has 2 heterocycles. The number of imide groups is 2. The van der Waals surface area contributed by atoms with Gasteiger partial charge in [-0.3, -0.25) is 14.9 Å². The van der Waals surface area contributed by atoms with Crippen LogP contribution in [-0.2, 0) is 14.3 Å². The quantitative estimate of drug-likeness (QED) is 0.555. The third-order valence-electron chi connectivity index (χ3n) is 4.89. The third-order valence-corrected chi connectivity index (χ3v) is 5.42. The van der Waals surface area contributed by atoms with Crippen molar-refractivity contribution in [3.8, 4) is 0 Å². The maximum absolute atomic E-state index is 14.7. The summed E-state index contributed by atoms with van der Waals surface area (Å²) in [7, 11) is 0. The minimum absolute atomic E-state index is 0.0607. The first-order valence-electron chi connectivity index (χ1n) is 9.34. The van der Waals surface area contributed by atoms with Crippen LogP contribution >= 0.6 is 23.2 Å². The Morgan fingerprint density at radius 2 is 1.71 bits per heavy atom. The fourth-order valence-corrected chi connectivity index (χ4v) is 3.87. The van der Waals surface area contributed by atoms with E-state index in [4.69, 9.17) is 27.9 Å². The number of halogens is 3. The molecule has 2 aliphatic rings. The van der Waals surface area contributed by atoms with E-state index in [1.165, 1.54) is 30.3 Å². The van der Waals surface area contributed by atoms with Crippen LogP contribution in [0.25, 0.3) is 6.08 Å². The van der Waals surface area contributed by atoms with Crippen LogP contribution in [0.4, 0.5) is 20.6 Å². The highest BCUT2D eigenvalue weighted by molar-refractivity contribution is 6.42. The molecule has 2 aliphatic heterocycles. The lowest BCUT2D eigenvalue weighted by molar-refractivity contribution is -0.122. The molecule has 1 N–H and O–H groups in total. The number of ether oxygens (including phenoxy) is 1. The number of benzene rings is 2. The Balaban J connectivity index is 1.66. The molecule has 7 nitrogen and oxygen atoms in total. The van der Waals surface area contributed by atoms with Crippen molar-refractivity contribution in [3.63, 3.8) is 0 Å². The van der Waals surface area contributed by atoms with Gasteiger partial charge in [-0.15, -0.1) is 0 Å². The van der Waals surface area contributed by atoms with Crippen LogP contribution in [0.2, 0.25) is 10.0 Å². The second-order valence-electron chi connectivity index (χ2n) is 6.86. The van der Waals surface area contributed by atoms with Gasteiger partial charge >= 0.3 is 6.03 Å². The Morgan fingerprint density at radius 3 is 2.39 bits per heavy atom. The minimum Gasteiger partial charge on any atom is -0.378 e. The Hall–Kier alpha value is -2.94. The van der Waals surface area contributed by atoms with Crippen molar-refractivity contribution in [1.29, 1.82) is 0 Å². The standard InChI is InChI=1S/C21H16Cl2FN3O4/c22-13-2-4-17(15(23)11-13)27-20(29)14(19(28)25-21(27)30)9-12-1-3-18(16(24)10-12)26-5-7-31-8-6-26/h1-4,9-11H,5-8H2,(H,25,28,30)/b14-9+. The molecule has 2 aromatic carbocycles. The smallest absolute Gasteiger partial charge is 0.335 e. The summed E-state index contributed by atoms with van der Waals surface area (Å²) < 4.78 is 20.0. The van der Waals surface area contributed by atoms with Crippen molar-refractivity contribution in [3.05, 3.63) is 63.4 Å². The molecular formula is C21H16Cl2FN3O4. The second-order valence-corrected chi connectivity index (χ2v) is 7.71. The summed E-state index contributed by atoms with van der Waals surface area (Å²) in [6, 6.07) is 7.70. The molecular weight excluding hydrogens is 448 g/mol. The van der Waals surface area contributed by atoms with Crippen LogP contribution in [0.15, 0.2) is 42.0 Å². The highest BCUT2D eigenvalue weighted by atomic mass is 35.5. The van der Waals surface area contributed by atoms with Crippen molar-refractivity contribution in [2.75, 3.05) is 36.1 Å². The van der Waals surface area contributed by atoms with Crippen LogP contribution in [0.1, 0.15) is 5.56 Å². The van der Waals surface area contributed by atoms with E-state index >= 15 is 0 Å². The first-order valence-corrected chi connectivity index (χ1v) is 10.1. The molecule has 2 aromatic rings. The summed E-state index contributed by atoms with van der Waals surface area (Å²) in [5, 5.41) is 2.48. The molecule has 0 unspecified atom stereocenters. The van der Waals surface area contributed by atoms with Crippen LogP contribution < -0.4 is 15.1 Å². The van der Waals surface area contributed by atoms with Gasteiger partial charge in [0.05, 0.1) is 29.6 Å². The molecule has 10 heteroatoms. The summed E-state index contributed by atoms with van der Waals surface area (Å²) >= 11 is 12.0. The van der Waals surface area contributed by atoms with Gasteiger partial charge in [-0.05, 0) is 42.0 Å². The average Bonchev–Trinajstić information content (AvgIpc) is 2.73. The zero-order valence-corrected chi connectivity index (χ0v) is 17.5. The van der Waals surface area contributed by atoms with E-state index in [0.717, 1.165) is 4.90 Å². The van der Waals surface area contributed by atoms with Gasteiger partial charge in [0.15, 0.2) is 0 Å². The molecule has 0 aliphatic carbocycles. The highest BCUT2D eigenvalue weighted by Gasteiger charge is 2.37. The molecule has 4 rings (SSSR count). The van der Waals surface area contributed by atoms with Crippen LogP contribution in [0.3, 0.4) is 0 Å². The minimum atomic E-state index is -0.940. The first kappa shape index (κ1) is 21.3. The molecule has 160 valence electrons. The van der Waals surface area contributed by atoms with Crippen LogP contribution in [-0.4, -0.2) is 44.1 Å². The molecule has 0 radical (unpaired) electrons. The second kappa shape index (κ2) is 8.66. The summed E-state index contributed by atoms with van der Waals surface area (Å²) in [5.41, 5.74) is 0.448. The topological polar surface area (TPSA) is 79.0 Å². The molecule has 4 amide bonds. The van der Waals surface area contributed by atoms with Gasteiger partial charge in [0.1, 0.15) is 11.4 Å². The van der Waals surface area contributed by atoms with Gasteiger partial charge in [-0.1, -0.05) is 29.3 Å². The van der Waals surface area contributed by atoms with Gasteiger partial charge in [-0.25, -0.2) is 14.1 Å². The average molecular weight is 464 g/mol. The van der Waals surface area contributed by atoms with Crippen molar-refractivity contribution < 1.29 is 23.5 Å². The molecule has 0 aromatic heterocycles. The Bertz CT molecular complexity index is 1120. The van der Waals surface area contributed by atoms with Gasteiger partial charge in [0.2, 0.25) is 0 Å². The molecule has 0 atom stereocenters. The Labute approximate surface area is 187 Å². The fraction of sp³-hybridized carbons (Fsp3) is 0.190. The number of hydrogen-bond acceptors (Lipinski definition) is 5. The number of nitrogens with one attached hydrogen (secondary N) is 1. The number of rotatable bonds is 3. The van der Waals surface area contributed by atoms with Gasteiger partial charge in [-0.2, -0.15) is 0 Å². The number of hydrogen-bond donors (Lipinski definition) is 1. The first-order chi connectivity index (χ1) is 14.8. The zero-order valence-electron chi connectivity index (χ0n) is 16.0. The van der Waals surface area contributed by atoms with Crippen LogP contribution in [0, 0.1) is 5.82 Å². The fourth-order valence-electron chi connectivity index (χ4n) is 3.38. The van der Waals surface area contributed by atoms with Crippen molar-refractivity contribution in [2.45, 2.75) is 0 Å². The van der Waals surface area contributed by atoms with E-state index in [2.05, 4.69) is 5.32 Å². The lowest BCUT2D eigenvalue weighted by Gasteiger charge is -2.29. The predicted octanol–water partition coefficient (Wildman–Crippen LogP) is 3.64. The van der Waals surface area contributed by atoms with E-state index in [-0.39, 0.29) is 16.3 Å². The molecule has 31 heavy (non-hydrogen) atoms. The maximum atomic E-state index is 14.7. The molecule has 2 saturated heterocycles. The Morgan fingerprint density at radius 1 is 1.00 bits per heavy atom. The van der Waals surface area contributed by atoms with E-state index in [9.17, 15) is 18.8 Å². The maximum Gasteiger partial charge on any atom is 0.335 e. The summed E-state index contributed by atoms with van der Waals surface area (Å²) in [5.74, 6) is -2.25. The monoisotopic (exact) mass is 463 g/mol. The third kappa shape index (κ3) is 4.27. The van der Waals surface area contributed by atoms with E-state index in [1.54, 1.807) is 12.1 Å². The number of amides is 4. The predicted molar refractivity (Wildman–Crippen MR) is 115 cm³/mol. The van der Waals surface area contributed by atoms with Gasteiger partial charge in [0.25, 0.3) is 11.8 Å². The van der Waals surface area contributed by atoms with Gasteiger partial charge in [0, 0.05) is 18.1 Å². The number of barbiturate groups is 1. The SMILES string of the molecule is O=C1NC(=O)N(c2ccc(Cl)cc2Cl)C(=O)/C1=C/c1ccc(N2CCOCC2)c(F)c1. The molecule has 2 fully saturated rings. The van der Waals surface area contributed by atoms with Crippen molar-refractivity contribution >= 4 is 58.5 Å². The number of carbonyl (C=O) groups is 3. The summed E-state index contributed by atoms with van der Waals surface area (Å²) in [4.78, 5) is 40.2. The number of urea groups is 1. The summed E-state index contributed by atoms with van der Waals surface area (Å²) in [6.07, 6.45) is 1.23. The lowest BCUT2D eigenvalue weighted by atomic mass is 10.1. The molecule has 0 saturated carbocycles. The largest absolute Gasteiger partial charge is 0.378 e. The Kier molecular flexibility index (Phi) is 5.95. The normalized spacial score (nSPS) is 18.5. The number of carbonyl (C=O) groups excluding carboxylic acids is 3. The number of morpholine rings is 1. The molecule has 0 spiro atoms. The van der Waals surface area contributed by atoms with E-state index in [1.807, 2.05) is 4.90 Å². The van der Waals surface area contributed by atoms with Gasteiger partial charge < -0.3 is 9.64 Å².